The van der Waals surface area contributed by atoms with Crippen molar-refractivity contribution in [3.63, 3.8) is 0 Å². The van der Waals surface area contributed by atoms with Gasteiger partial charge in [0.25, 0.3) is 5.91 Å². The van der Waals surface area contributed by atoms with Crippen LogP contribution in [0.5, 0.6) is 5.75 Å². The van der Waals surface area contributed by atoms with E-state index in [0.29, 0.717) is 23.6 Å². The molecule has 3 unspecified atom stereocenters. The van der Waals surface area contributed by atoms with Crippen molar-refractivity contribution in [2.75, 3.05) is 32.6 Å². The average molecular weight is 514 g/mol. The lowest BCUT2D eigenvalue weighted by atomic mass is 9.59. The molecule has 0 radical (unpaired) electrons. The number of rotatable bonds is 6. The second-order valence-corrected chi connectivity index (χ2v) is 11.1. The van der Waals surface area contributed by atoms with E-state index in [1.807, 2.05) is 37.0 Å². The fourth-order valence-electron chi connectivity index (χ4n) is 6.22. The number of benzene rings is 1. The van der Waals surface area contributed by atoms with Crippen molar-refractivity contribution in [2.45, 2.75) is 45.3 Å². The van der Waals surface area contributed by atoms with Crippen LogP contribution in [-0.4, -0.2) is 76.1 Å². The summed E-state index contributed by atoms with van der Waals surface area (Å²) >= 11 is 0. The molecule has 3 aliphatic carbocycles. The molecule has 4 rings (SSSR count). The van der Waals surface area contributed by atoms with Gasteiger partial charge < -0.3 is 36.0 Å². The van der Waals surface area contributed by atoms with E-state index in [-0.39, 0.29) is 36.1 Å². The van der Waals surface area contributed by atoms with Crippen molar-refractivity contribution in [1.29, 1.82) is 0 Å². The standard InChI is InChI=1S/C27H35N3O7/c1-12(2)10-30(5)11-14-8-17(29(3)4)16-7-13-6-15-9-18(31)21(26(28)36)25(35)27(15,37)24(34)19(13)23(33)20(16)22(14)32/h8,12-13,15,32-33,35,37H,6-7,9-11H2,1-5H3,(H2,28,36). The van der Waals surface area contributed by atoms with Gasteiger partial charge in [-0.15, -0.1) is 0 Å². The van der Waals surface area contributed by atoms with Gasteiger partial charge in [-0.25, -0.2) is 0 Å². The molecule has 0 aromatic heterocycles. The maximum absolute atomic E-state index is 13.7. The van der Waals surface area contributed by atoms with E-state index in [2.05, 4.69) is 13.8 Å². The Bertz CT molecular complexity index is 1260. The Morgan fingerprint density at radius 2 is 1.81 bits per heavy atom. The van der Waals surface area contributed by atoms with E-state index in [0.717, 1.165) is 12.2 Å². The average Bonchev–Trinajstić information content (AvgIpc) is 2.77. The molecule has 10 nitrogen and oxygen atoms in total. The zero-order chi connectivity index (χ0) is 27.6. The lowest BCUT2D eigenvalue weighted by molar-refractivity contribution is -0.147. The Balaban J connectivity index is 1.90. The number of nitrogens with zero attached hydrogens (tertiary/aromatic N) is 2. The number of ketones is 2. The Morgan fingerprint density at radius 1 is 1.16 bits per heavy atom. The lowest BCUT2D eigenvalue weighted by Crippen LogP contribution is -2.58. The van der Waals surface area contributed by atoms with Gasteiger partial charge in [-0.1, -0.05) is 13.8 Å². The molecule has 0 bridgehead atoms. The summed E-state index contributed by atoms with van der Waals surface area (Å²) in [6, 6.07) is 1.88. The molecule has 3 atom stereocenters. The minimum Gasteiger partial charge on any atom is -0.508 e. The normalized spacial score (nSPS) is 25.4. The third-order valence-corrected chi connectivity index (χ3v) is 7.72. The number of aliphatic hydroxyl groups is 3. The molecule has 3 aliphatic rings. The molecule has 200 valence electrons. The number of aliphatic hydroxyl groups excluding tert-OH is 2. The largest absolute Gasteiger partial charge is 0.508 e. The number of nitrogens with two attached hydrogens (primary N) is 1. The van der Waals surface area contributed by atoms with Gasteiger partial charge in [-0.3, -0.25) is 14.4 Å². The van der Waals surface area contributed by atoms with Crippen LogP contribution in [0.1, 0.15) is 43.4 Å². The number of hydrogen-bond acceptors (Lipinski definition) is 9. The van der Waals surface area contributed by atoms with Crippen molar-refractivity contribution < 1.29 is 34.8 Å². The Morgan fingerprint density at radius 3 is 2.38 bits per heavy atom. The van der Waals surface area contributed by atoms with Crippen LogP contribution in [0.3, 0.4) is 0 Å². The highest BCUT2D eigenvalue weighted by Gasteiger charge is 2.60. The van der Waals surface area contributed by atoms with E-state index in [1.165, 1.54) is 0 Å². The molecule has 6 N–H and O–H groups in total. The third-order valence-electron chi connectivity index (χ3n) is 7.72. The number of phenols is 1. The molecule has 0 saturated heterocycles. The highest BCUT2D eigenvalue weighted by atomic mass is 16.3. The minimum absolute atomic E-state index is 0.107. The number of Topliss-reactive ketones (excluding diaryl/α,β-unsaturated/α-hetero) is 2. The quantitative estimate of drug-likeness (QED) is 0.355. The number of hydrogen-bond donors (Lipinski definition) is 5. The van der Waals surface area contributed by atoms with Crippen molar-refractivity contribution >= 4 is 28.9 Å². The van der Waals surface area contributed by atoms with Gasteiger partial charge in [0.05, 0.1) is 5.56 Å². The number of primary amides is 1. The zero-order valence-electron chi connectivity index (χ0n) is 21.8. The molecule has 0 spiro atoms. The van der Waals surface area contributed by atoms with E-state index in [1.54, 1.807) is 0 Å². The first kappa shape index (κ1) is 26.7. The van der Waals surface area contributed by atoms with E-state index < -0.39 is 52.0 Å². The summed E-state index contributed by atoms with van der Waals surface area (Å²) < 4.78 is 0. The number of phenolic OH excluding ortho intramolecular Hbond substituents is 1. The molecular weight excluding hydrogens is 478 g/mol. The van der Waals surface area contributed by atoms with Crippen LogP contribution in [0, 0.1) is 17.8 Å². The maximum Gasteiger partial charge on any atom is 0.255 e. The van der Waals surface area contributed by atoms with Crippen LogP contribution in [-0.2, 0) is 27.3 Å². The summed E-state index contributed by atoms with van der Waals surface area (Å²) in [6.45, 7) is 5.36. The Hall–Kier alpha value is -3.37. The Labute approximate surface area is 215 Å². The summed E-state index contributed by atoms with van der Waals surface area (Å²) in [5.41, 5.74) is 3.86. The van der Waals surface area contributed by atoms with Crippen molar-refractivity contribution in [3.8, 4) is 5.75 Å². The topological polar surface area (TPSA) is 165 Å². The van der Waals surface area contributed by atoms with Gasteiger partial charge in [0, 0.05) is 56.3 Å². The summed E-state index contributed by atoms with van der Waals surface area (Å²) in [4.78, 5) is 41.9. The molecule has 1 fully saturated rings. The van der Waals surface area contributed by atoms with Crippen molar-refractivity contribution in [1.82, 2.24) is 4.90 Å². The van der Waals surface area contributed by atoms with Crippen LogP contribution >= 0.6 is 0 Å². The number of aromatic hydroxyl groups is 1. The van der Waals surface area contributed by atoms with Crippen LogP contribution in [0.15, 0.2) is 23.0 Å². The first-order valence-corrected chi connectivity index (χ1v) is 12.4. The van der Waals surface area contributed by atoms with Crippen LogP contribution in [0.4, 0.5) is 5.69 Å². The number of carbonyl (C=O) groups is 3. The van der Waals surface area contributed by atoms with Crippen LogP contribution in [0.25, 0.3) is 5.76 Å². The van der Waals surface area contributed by atoms with Crippen molar-refractivity contribution in [2.24, 2.45) is 23.5 Å². The summed E-state index contributed by atoms with van der Waals surface area (Å²) in [7, 11) is 5.63. The van der Waals surface area contributed by atoms with Gasteiger partial charge in [0.15, 0.2) is 11.4 Å². The second kappa shape index (κ2) is 9.18. The van der Waals surface area contributed by atoms with Crippen molar-refractivity contribution in [3.05, 3.63) is 39.7 Å². The first-order valence-electron chi connectivity index (χ1n) is 12.4. The number of carbonyl (C=O) groups excluding carboxylic acids is 3. The predicted molar refractivity (Wildman–Crippen MR) is 137 cm³/mol. The van der Waals surface area contributed by atoms with E-state index in [9.17, 15) is 34.8 Å². The predicted octanol–water partition coefficient (Wildman–Crippen LogP) is 1.58. The highest BCUT2D eigenvalue weighted by molar-refractivity contribution is 6.22. The number of fused-ring (bicyclic) bond motifs is 3. The second-order valence-electron chi connectivity index (χ2n) is 11.1. The smallest absolute Gasteiger partial charge is 0.255 e. The number of amides is 1. The SMILES string of the molecule is CC(C)CN(C)Cc1cc(N(C)C)c2c(c1O)C(O)=C1C(=O)C3(O)C(O)=C(C(N)=O)C(=O)CC3CC1C2. The minimum atomic E-state index is -2.56. The first-order chi connectivity index (χ1) is 17.2. The fraction of sp³-hybridized carbons (Fsp3) is 0.519. The summed E-state index contributed by atoms with van der Waals surface area (Å²) in [6.07, 6.45) is 0.0435. The molecule has 0 heterocycles. The molecule has 1 amide bonds. The lowest BCUT2D eigenvalue weighted by Gasteiger charge is -2.46. The van der Waals surface area contributed by atoms with Crippen LogP contribution < -0.4 is 10.6 Å². The molecule has 1 aromatic rings. The van der Waals surface area contributed by atoms with Gasteiger partial charge in [0.2, 0.25) is 5.78 Å². The number of anilines is 1. The molecule has 10 heteroatoms. The molecular formula is C27H35N3O7. The molecule has 0 aliphatic heterocycles. The van der Waals surface area contributed by atoms with E-state index >= 15 is 0 Å². The molecule has 37 heavy (non-hydrogen) atoms. The molecule has 1 aromatic carbocycles. The maximum atomic E-state index is 13.7. The highest BCUT2D eigenvalue weighted by Crippen LogP contribution is 2.53. The Kier molecular flexibility index (Phi) is 6.62. The van der Waals surface area contributed by atoms with Gasteiger partial charge in [-0.05, 0) is 43.4 Å². The third kappa shape index (κ3) is 4.08. The summed E-state index contributed by atoms with van der Waals surface area (Å²) in [5, 5.41) is 44.8. The summed E-state index contributed by atoms with van der Waals surface area (Å²) in [5.74, 6) is -5.81. The van der Waals surface area contributed by atoms with Gasteiger partial charge in [0.1, 0.15) is 22.8 Å². The monoisotopic (exact) mass is 513 g/mol. The zero-order valence-corrected chi connectivity index (χ0v) is 21.8. The molecule has 1 saturated carbocycles. The van der Waals surface area contributed by atoms with E-state index in [4.69, 9.17) is 5.73 Å². The fourth-order valence-corrected chi connectivity index (χ4v) is 6.22. The van der Waals surface area contributed by atoms with Gasteiger partial charge >= 0.3 is 0 Å². The van der Waals surface area contributed by atoms with Gasteiger partial charge in [-0.2, -0.15) is 0 Å². The van der Waals surface area contributed by atoms with Crippen LogP contribution in [0.2, 0.25) is 0 Å².